The van der Waals surface area contributed by atoms with Crippen molar-refractivity contribution < 1.29 is 4.98 Å². The number of aromatic nitrogens is 1. The average Bonchev–Trinajstić information content (AvgIpc) is 2.30. The standard InChI is InChI=1S/C10H14N4O/c1-13-4-6-14(7-5-13)9-2-3-10(12-15)11-8-9/h2-3,8H,4-7H2,1H3/p+1. The van der Waals surface area contributed by atoms with Crippen LogP contribution in [0.4, 0.5) is 11.5 Å². The van der Waals surface area contributed by atoms with E-state index in [9.17, 15) is 4.91 Å². The van der Waals surface area contributed by atoms with Crippen LogP contribution < -0.4 is 9.88 Å². The second-order valence-corrected chi connectivity index (χ2v) is 3.81. The molecule has 1 aromatic heterocycles. The second kappa shape index (κ2) is 4.35. The van der Waals surface area contributed by atoms with Crippen LogP contribution in [-0.2, 0) is 0 Å². The van der Waals surface area contributed by atoms with E-state index in [-0.39, 0.29) is 0 Å². The SMILES string of the molecule is CN1CCN(c2ccc(N=O)[nH+]c2)CC1. The lowest BCUT2D eigenvalue weighted by Crippen LogP contribution is -2.44. The second-order valence-electron chi connectivity index (χ2n) is 3.81. The maximum Gasteiger partial charge on any atom is 0.372 e. The number of hydrogen-bond acceptors (Lipinski definition) is 4. The zero-order valence-corrected chi connectivity index (χ0v) is 8.81. The first kappa shape index (κ1) is 10.0. The molecule has 0 saturated carbocycles. The molecule has 1 aromatic rings. The van der Waals surface area contributed by atoms with Gasteiger partial charge in [-0.15, -0.1) is 0 Å². The molecule has 0 unspecified atom stereocenters. The fourth-order valence-corrected chi connectivity index (χ4v) is 1.73. The van der Waals surface area contributed by atoms with Gasteiger partial charge in [0.15, 0.2) is 0 Å². The first-order chi connectivity index (χ1) is 7.29. The highest BCUT2D eigenvalue weighted by Gasteiger charge is 2.15. The maximum absolute atomic E-state index is 10.2. The van der Waals surface area contributed by atoms with Gasteiger partial charge in [0.2, 0.25) is 5.18 Å². The number of pyridine rings is 1. The van der Waals surface area contributed by atoms with Gasteiger partial charge in [-0.25, -0.2) is 4.98 Å². The number of hydrogen-bond donors (Lipinski definition) is 0. The normalized spacial score (nSPS) is 17.8. The summed E-state index contributed by atoms with van der Waals surface area (Å²) in [5.41, 5.74) is 1.12. The van der Waals surface area contributed by atoms with E-state index >= 15 is 0 Å². The van der Waals surface area contributed by atoms with Crippen LogP contribution in [0.25, 0.3) is 0 Å². The summed E-state index contributed by atoms with van der Waals surface area (Å²) in [5.74, 6) is 0.368. The van der Waals surface area contributed by atoms with E-state index in [2.05, 4.69) is 27.0 Å². The summed E-state index contributed by atoms with van der Waals surface area (Å²) < 4.78 is 0. The summed E-state index contributed by atoms with van der Waals surface area (Å²) in [7, 11) is 2.13. The third-order valence-corrected chi connectivity index (χ3v) is 2.75. The van der Waals surface area contributed by atoms with E-state index in [1.807, 2.05) is 12.3 Å². The number of likely N-dealkylation sites (N-methyl/N-ethyl adjacent to an activating group) is 1. The summed E-state index contributed by atoms with van der Waals surface area (Å²) in [4.78, 5) is 17.7. The number of anilines is 1. The van der Waals surface area contributed by atoms with E-state index < -0.39 is 0 Å². The van der Waals surface area contributed by atoms with Crippen molar-refractivity contribution in [3.63, 3.8) is 0 Å². The quantitative estimate of drug-likeness (QED) is 0.669. The van der Waals surface area contributed by atoms with Crippen LogP contribution in [0, 0.1) is 4.91 Å². The molecule has 0 aliphatic carbocycles. The van der Waals surface area contributed by atoms with E-state index in [0.717, 1.165) is 31.9 Å². The minimum Gasteiger partial charge on any atom is -0.366 e. The van der Waals surface area contributed by atoms with Crippen molar-refractivity contribution in [3.8, 4) is 0 Å². The molecule has 1 aliphatic heterocycles. The van der Waals surface area contributed by atoms with E-state index in [1.165, 1.54) is 0 Å². The van der Waals surface area contributed by atoms with Gasteiger partial charge in [0, 0.05) is 32.2 Å². The monoisotopic (exact) mass is 207 g/mol. The van der Waals surface area contributed by atoms with Crippen molar-refractivity contribution in [2.45, 2.75) is 0 Å². The largest absolute Gasteiger partial charge is 0.372 e. The Hall–Kier alpha value is -1.49. The minimum absolute atomic E-state index is 0.368. The van der Waals surface area contributed by atoms with E-state index in [4.69, 9.17) is 0 Å². The molecule has 2 rings (SSSR count). The molecule has 5 heteroatoms. The Morgan fingerprint density at radius 3 is 2.53 bits per heavy atom. The van der Waals surface area contributed by atoms with Gasteiger partial charge in [-0.2, -0.15) is 0 Å². The van der Waals surface area contributed by atoms with Gasteiger partial charge in [-0.05, 0) is 18.0 Å². The van der Waals surface area contributed by atoms with Gasteiger partial charge in [-0.3, -0.25) is 0 Å². The molecular formula is C10H15N4O+. The summed E-state index contributed by atoms with van der Waals surface area (Å²) in [5, 5.41) is 2.84. The van der Waals surface area contributed by atoms with Crippen molar-refractivity contribution in [1.29, 1.82) is 0 Å². The molecule has 1 fully saturated rings. The lowest BCUT2D eigenvalue weighted by molar-refractivity contribution is -0.362. The van der Waals surface area contributed by atoms with Crippen molar-refractivity contribution in [2.24, 2.45) is 5.18 Å². The molecule has 0 spiro atoms. The Labute approximate surface area is 88.7 Å². The van der Waals surface area contributed by atoms with Gasteiger partial charge in [0.1, 0.15) is 6.20 Å². The van der Waals surface area contributed by atoms with Gasteiger partial charge in [0.25, 0.3) is 0 Å². The molecule has 0 aromatic carbocycles. The number of nitrogens with zero attached hydrogens (tertiary/aromatic N) is 3. The molecule has 80 valence electrons. The summed E-state index contributed by atoms with van der Waals surface area (Å²) in [6.45, 7) is 4.21. The first-order valence-corrected chi connectivity index (χ1v) is 5.08. The summed E-state index contributed by atoms with van der Waals surface area (Å²) >= 11 is 0. The van der Waals surface area contributed by atoms with Gasteiger partial charge >= 0.3 is 5.82 Å². The van der Waals surface area contributed by atoms with Crippen LogP contribution in [0.1, 0.15) is 0 Å². The van der Waals surface area contributed by atoms with Crippen LogP contribution in [-0.4, -0.2) is 38.1 Å². The zero-order valence-electron chi connectivity index (χ0n) is 8.81. The average molecular weight is 207 g/mol. The lowest BCUT2D eigenvalue weighted by atomic mass is 10.3. The Bertz CT molecular complexity index is 330. The summed E-state index contributed by atoms with van der Waals surface area (Å²) in [6.07, 6.45) is 1.84. The molecule has 0 amide bonds. The molecule has 1 N–H and O–H groups in total. The Morgan fingerprint density at radius 2 is 2.00 bits per heavy atom. The molecule has 5 nitrogen and oxygen atoms in total. The highest BCUT2D eigenvalue weighted by Crippen LogP contribution is 2.15. The number of nitroso groups, excluding NO2 is 1. The Balaban J connectivity index is 2.06. The fraction of sp³-hybridized carbons (Fsp3) is 0.500. The number of aromatic amines is 1. The molecule has 1 saturated heterocycles. The van der Waals surface area contributed by atoms with Gasteiger partial charge < -0.3 is 9.80 Å². The Morgan fingerprint density at radius 1 is 1.27 bits per heavy atom. The molecule has 0 bridgehead atoms. The summed E-state index contributed by atoms with van der Waals surface area (Å²) in [6, 6.07) is 3.64. The molecular weight excluding hydrogens is 192 g/mol. The molecule has 0 radical (unpaired) electrons. The minimum atomic E-state index is 0.368. The van der Waals surface area contributed by atoms with E-state index in [0.29, 0.717) is 5.82 Å². The highest BCUT2D eigenvalue weighted by molar-refractivity contribution is 5.45. The van der Waals surface area contributed by atoms with Crippen molar-refractivity contribution in [3.05, 3.63) is 23.2 Å². The van der Waals surface area contributed by atoms with Crippen molar-refractivity contribution >= 4 is 11.5 Å². The van der Waals surface area contributed by atoms with Crippen LogP contribution in [0.3, 0.4) is 0 Å². The van der Waals surface area contributed by atoms with Crippen molar-refractivity contribution in [2.75, 3.05) is 38.1 Å². The van der Waals surface area contributed by atoms with Gasteiger partial charge in [0.05, 0.1) is 5.69 Å². The Kier molecular flexibility index (Phi) is 2.91. The zero-order chi connectivity index (χ0) is 10.7. The smallest absolute Gasteiger partial charge is 0.366 e. The fourth-order valence-electron chi connectivity index (χ4n) is 1.73. The molecule has 15 heavy (non-hydrogen) atoms. The predicted octanol–water partition coefficient (Wildman–Crippen LogP) is 0.650. The molecule has 2 heterocycles. The third-order valence-electron chi connectivity index (χ3n) is 2.75. The van der Waals surface area contributed by atoms with Crippen LogP contribution in [0.2, 0.25) is 0 Å². The van der Waals surface area contributed by atoms with Crippen molar-refractivity contribution in [1.82, 2.24) is 4.90 Å². The number of piperazine rings is 1. The van der Waals surface area contributed by atoms with Crippen LogP contribution in [0.15, 0.2) is 23.5 Å². The van der Waals surface area contributed by atoms with Crippen LogP contribution in [0.5, 0.6) is 0 Å². The third kappa shape index (κ3) is 2.30. The van der Waals surface area contributed by atoms with Crippen LogP contribution >= 0.6 is 0 Å². The number of rotatable bonds is 2. The number of nitrogens with one attached hydrogen (secondary N) is 1. The molecule has 1 aliphatic rings. The number of H-pyrrole nitrogens is 1. The lowest BCUT2D eigenvalue weighted by Gasteiger charge is -2.33. The first-order valence-electron chi connectivity index (χ1n) is 5.08. The maximum atomic E-state index is 10.2. The topological polar surface area (TPSA) is 50.0 Å². The van der Waals surface area contributed by atoms with E-state index in [1.54, 1.807) is 6.07 Å². The highest BCUT2D eigenvalue weighted by atomic mass is 16.3. The van der Waals surface area contributed by atoms with Gasteiger partial charge in [-0.1, -0.05) is 0 Å². The molecule has 0 atom stereocenters. The predicted molar refractivity (Wildman–Crippen MR) is 58.2 cm³/mol.